The number of fused-ring (bicyclic) bond motifs is 1. The van der Waals surface area contributed by atoms with Gasteiger partial charge in [0.05, 0.1) is 19.2 Å². The number of benzene rings is 2. The van der Waals surface area contributed by atoms with Crippen LogP contribution in [0.3, 0.4) is 0 Å². The SMILES string of the molecule is CNCCCNc1nc(CN(C)Cc2ccc(OC)cc2)nc2ccccc12. The zero-order valence-electron chi connectivity index (χ0n) is 16.9. The van der Waals surface area contributed by atoms with Gasteiger partial charge in [-0.25, -0.2) is 9.97 Å². The summed E-state index contributed by atoms with van der Waals surface area (Å²) in [5.41, 5.74) is 2.20. The van der Waals surface area contributed by atoms with E-state index < -0.39 is 0 Å². The molecule has 3 aromatic rings. The summed E-state index contributed by atoms with van der Waals surface area (Å²) in [7, 11) is 5.74. The molecule has 0 saturated heterocycles. The minimum atomic E-state index is 0.683. The highest BCUT2D eigenvalue weighted by Crippen LogP contribution is 2.21. The van der Waals surface area contributed by atoms with E-state index >= 15 is 0 Å². The largest absolute Gasteiger partial charge is 0.497 e. The number of anilines is 1. The average molecular weight is 380 g/mol. The summed E-state index contributed by atoms with van der Waals surface area (Å²) in [6.45, 7) is 3.36. The van der Waals surface area contributed by atoms with E-state index in [0.717, 1.165) is 54.3 Å². The second-order valence-corrected chi connectivity index (χ2v) is 6.91. The fourth-order valence-electron chi connectivity index (χ4n) is 3.14. The Bertz CT molecular complexity index is 882. The molecule has 28 heavy (non-hydrogen) atoms. The second kappa shape index (κ2) is 10.0. The van der Waals surface area contributed by atoms with Crippen LogP contribution in [0, 0.1) is 0 Å². The van der Waals surface area contributed by atoms with Gasteiger partial charge in [0.15, 0.2) is 0 Å². The Balaban J connectivity index is 1.72. The summed E-state index contributed by atoms with van der Waals surface area (Å²) in [6.07, 6.45) is 1.04. The molecule has 0 bridgehead atoms. The number of hydrogen-bond donors (Lipinski definition) is 2. The zero-order valence-corrected chi connectivity index (χ0v) is 16.9. The Hall–Kier alpha value is -2.70. The van der Waals surface area contributed by atoms with Crippen molar-refractivity contribution in [3.63, 3.8) is 0 Å². The molecular weight excluding hydrogens is 350 g/mol. The Kier molecular flexibility index (Phi) is 7.17. The number of hydrogen-bond acceptors (Lipinski definition) is 6. The lowest BCUT2D eigenvalue weighted by Gasteiger charge is -2.17. The number of nitrogens with one attached hydrogen (secondary N) is 2. The maximum atomic E-state index is 5.23. The van der Waals surface area contributed by atoms with Gasteiger partial charge in [-0.3, -0.25) is 4.90 Å². The van der Waals surface area contributed by atoms with Crippen LogP contribution in [0.5, 0.6) is 5.75 Å². The van der Waals surface area contributed by atoms with Crippen LogP contribution in [0.25, 0.3) is 10.9 Å². The summed E-state index contributed by atoms with van der Waals surface area (Å²) < 4.78 is 5.23. The number of nitrogens with zero attached hydrogens (tertiary/aromatic N) is 3. The fourth-order valence-corrected chi connectivity index (χ4v) is 3.14. The first-order valence-corrected chi connectivity index (χ1v) is 9.65. The molecule has 3 rings (SSSR count). The summed E-state index contributed by atoms with van der Waals surface area (Å²) in [5.74, 6) is 2.61. The lowest BCUT2D eigenvalue weighted by Crippen LogP contribution is -2.20. The number of methoxy groups -OCH3 is 1. The zero-order chi connectivity index (χ0) is 19.8. The first-order chi connectivity index (χ1) is 13.7. The maximum Gasteiger partial charge on any atom is 0.145 e. The van der Waals surface area contributed by atoms with Crippen LogP contribution in [0.15, 0.2) is 48.5 Å². The molecule has 0 amide bonds. The standard InChI is InChI=1S/C22H29N5O/c1-23-13-6-14-24-22-19-7-4-5-8-20(19)25-21(26-22)16-27(2)15-17-9-11-18(28-3)12-10-17/h4-5,7-12,23H,6,13-16H2,1-3H3,(H,24,25,26). The molecule has 0 aliphatic heterocycles. The van der Waals surface area contributed by atoms with Crippen LogP contribution >= 0.6 is 0 Å². The van der Waals surface area contributed by atoms with E-state index in [1.807, 2.05) is 37.4 Å². The molecule has 0 atom stereocenters. The molecule has 0 radical (unpaired) electrons. The van der Waals surface area contributed by atoms with Crippen molar-refractivity contribution in [3.8, 4) is 5.75 Å². The first-order valence-electron chi connectivity index (χ1n) is 9.65. The van der Waals surface area contributed by atoms with Gasteiger partial charge < -0.3 is 15.4 Å². The highest BCUT2D eigenvalue weighted by molar-refractivity contribution is 5.88. The van der Waals surface area contributed by atoms with E-state index in [9.17, 15) is 0 Å². The molecule has 2 N–H and O–H groups in total. The number of aromatic nitrogens is 2. The third-order valence-corrected chi connectivity index (χ3v) is 4.57. The Morgan fingerprint density at radius 1 is 0.964 bits per heavy atom. The summed E-state index contributed by atoms with van der Waals surface area (Å²) in [6, 6.07) is 16.3. The van der Waals surface area contributed by atoms with Gasteiger partial charge in [-0.05, 0) is 56.9 Å². The van der Waals surface area contributed by atoms with Crippen molar-refractivity contribution >= 4 is 16.7 Å². The van der Waals surface area contributed by atoms with E-state index in [0.29, 0.717) is 6.54 Å². The number of ether oxygens (including phenoxy) is 1. The highest BCUT2D eigenvalue weighted by atomic mass is 16.5. The molecule has 2 aromatic carbocycles. The third-order valence-electron chi connectivity index (χ3n) is 4.57. The molecule has 0 unspecified atom stereocenters. The van der Waals surface area contributed by atoms with Crippen molar-refractivity contribution in [3.05, 3.63) is 59.9 Å². The summed E-state index contributed by atoms with van der Waals surface area (Å²) >= 11 is 0. The fraction of sp³-hybridized carbons (Fsp3) is 0.364. The van der Waals surface area contributed by atoms with Gasteiger partial charge in [0.25, 0.3) is 0 Å². The predicted molar refractivity (Wildman–Crippen MR) is 115 cm³/mol. The minimum Gasteiger partial charge on any atom is -0.497 e. The van der Waals surface area contributed by atoms with Crippen molar-refractivity contribution in [2.24, 2.45) is 0 Å². The van der Waals surface area contributed by atoms with Gasteiger partial charge in [0, 0.05) is 18.5 Å². The van der Waals surface area contributed by atoms with Crippen LogP contribution < -0.4 is 15.4 Å². The molecule has 6 heteroatoms. The maximum absolute atomic E-state index is 5.23. The van der Waals surface area contributed by atoms with E-state index in [-0.39, 0.29) is 0 Å². The van der Waals surface area contributed by atoms with E-state index in [4.69, 9.17) is 14.7 Å². The normalized spacial score (nSPS) is 11.1. The second-order valence-electron chi connectivity index (χ2n) is 6.91. The van der Waals surface area contributed by atoms with Gasteiger partial charge >= 0.3 is 0 Å². The molecule has 0 fully saturated rings. The van der Waals surface area contributed by atoms with Crippen LogP contribution in [0.2, 0.25) is 0 Å². The molecule has 0 spiro atoms. The molecule has 0 saturated carbocycles. The monoisotopic (exact) mass is 379 g/mol. The van der Waals surface area contributed by atoms with Gasteiger partial charge in [0.2, 0.25) is 0 Å². The number of para-hydroxylation sites is 1. The topological polar surface area (TPSA) is 62.3 Å². The van der Waals surface area contributed by atoms with Gasteiger partial charge in [0.1, 0.15) is 17.4 Å². The van der Waals surface area contributed by atoms with Crippen molar-refractivity contribution < 1.29 is 4.74 Å². The minimum absolute atomic E-state index is 0.683. The van der Waals surface area contributed by atoms with Crippen molar-refractivity contribution in [2.45, 2.75) is 19.5 Å². The first kappa shape index (κ1) is 20.0. The lowest BCUT2D eigenvalue weighted by atomic mass is 10.2. The lowest BCUT2D eigenvalue weighted by molar-refractivity contribution is 0.311. The molecule has 1 heterocycles. The van der Waals surface area contributed by atoms with Gasteiger partial charge in [-0.1, -0.05) is 24.3 Å². The van der Waals surface area contributed by atoms with Crippen molar-refractivity contribution in [1.82, 2.24) is 20.2 Å². The highest BCUT2D eigenvalue weighted by Gasteiger charge is 2.10. The number of rotatable bonds is 10. The van der Waals surface area contributed by atoms with Gasteiger partial charge in [-0.2, -0.15) is 0 Å². The molecule has 0 aliphatic rings. The van der Waals surface area contributed by atoms with Crippen LogP contribution in [0.4, 0.5) is 5.82 Å². The summed E-state index contributed by atoms with van der Waals surface area (Å²) in [4.78, 5) is 11.8. The smallest absolute Gasteiger partial charge is 0.145 e. The van der Waals surface area contributed by atoms with Gasteiger partial charge in [-0.15, -0.1) is 0 Å². The molecule has 6 nitrogen and oxygen atoms in total. The Morgan fingerprint density at radius 3 is 2.50 bits per heavy atom. The quantitative estimate of drug-likeness (QED) is 0.527. The van der Waals surface area contributed by atoms with Crippen LogP contribution in [-0.2, 0) is 13.1 Å². The predicted octanol–water partition coefficient (Wildman–Crippen LogP) is 3.29. The molecule has 1 aromatic heterocycles. The van der Waals surface area contributed by atoms with Crippen LogP contribution in [0.1, 0.15) is 17.8 Å². The van der Waals surface area contributed by atoms with E-state index in [2.05, 4.69) is 40.8 Å². The van der Waals surface area contributed by atoms with E-state index in [1.165, 1.54) is 5.56 Å². The Labute approximate surface area is 167 Å². The van der Waals surface area contributed by atoms with E-state index in [1.54, 1.807) is 7.11 Å². The Morgan fingerprint density at radius 2 is 1.75 bits per heavy atom. The summed E-state index contributed by atoms with van der Waals surface area (Å²) in [5, 5.41) is 7.71. The third kappa shape index (κ3) is 5.41. The molecular formula is C22H29N5O. The van der Waals surface area contributed by atoms with Crippen molar-refractivity contribution in [1.29, 1.82) is 0 Å². The average Bonchev–Trinajstić information content (AvgIpc) is 2.71. The molecule has 148 valence electrons. The van der Waals surface area contributed by atoms with Crippen LogP contribution in [-0.4, -0.2) is 49.2 Å². The molecule has 0 aliphatic carbocycles. The van der Waals surface area contributed by atoms with Crippen molar-refractivity contribution in [2.75, 3.05) is 39.6 Å².